The minimum absolute atomic E-state index is 0.165. The lowest BCUT2D eigenvalue weighted by Crippen LogP contribution is -2.44. The van der Waals surface area contributed by atoms with Crippen LogP contribution in [0.25, 0.3) is 0 Å². The molecule has 0 aliphatic carbocycles. The fraction of sp³-hybridized carbons (Fsp3) is 0.929. The van der Waals surface area contributed by atoms with Crippen LogP contribution in [0.4, 0.5) is 0 Å². The third-order valence-corrected chi connectivity index (χ3v) is 2.51. The molecule has 5 heteroatoms. The van der Waals surface area contributed by atoms with Gasteiger partial charge in [0.15, 0.2) is 5.96 Å². The molecular formula is C14H32N4O. The summed E-state index contributed by atoms with van der Waals surface area (Å²) in [5.41, 5.74) is 0.165. The Morgan fingerprint density at radius 3 is 2.32 bits per heavy atom. The normalized spacial score (nSPS) is 12.6. The summed E-state index contributed by atoms with van der Waals surface area (Å²) in [5, 5.41) is 10.0. The number of hydrogen-bond donors (Lipinski definition) is 3. The predicted molar refractivity (Wildman–Crippen MR) is 82.8 cm³/mol. The van der Waals surface area contributed by atoms with Crippen LogP contribution >= 0.6 is 0 Å². The number of guanidine groups is 1. The Morgan fingerprint density at radius 1 is 1.05 bits per heavy atom. The molecule has 0 bridgehead atoms. The van der Waals surface area contributed by atoms with E-state index in [-0.39, 0.29) is 5.54 Å². The molecule has 114 valence electrons. The lowest BCUT2D eigenvalue weighted by molar-refractivity contribution is 0.143. The Balaban J connectivity index is 3.51. The molecule has 0 rings (SSSR count). The van der Waals surface area contributed by atoms with E-state index in [0.29, 0.717) is 0 Å². The van der Waals surface area contributed by atoms with Crippen molar-refractivity contribution in [1.82, 2.24) is 16.0 Å². The molecular weight excluding hydrogens is 240 g/mol. The topological polar surface area (TPSA) is 57.7 Å². The van der Waals surface area contributed by atoms with Gasteiger partial charge in [-0.15, -0.1) is 0 Å². The molecule has 0 spiro atoms. The molecule has 19 heavy (non-hydrogen) atoms. The highest BCUT2D eigenvalue weighted by Crippen LogP contribution is 1.96. The van der Waals surface area contributed by atoms with Crippen LogP contribution in [0.3, 0.4) is 0 Å². The molecule has 0 aliphatic rings. The van der Waals surface area contributed by atoms with E-state index in [1.165, 1.54) is 0 Å². The zero-order valence-corrected chi connectivity index (χ0v) is 13.3. The van der Waals surface area contributed by atoms with Crippen LogP contribution in [-0.4, -0.2) is 51.4 Å². The minimum atomic E-state index is 0.165. The van der Waals surface area contributed by atoms with E-state index in [2.05, 4.69) is 41.7 Å². The van der Waals surface area contributed by atoms with Gasteiger partial charge in [0.1, 0.15) is 0 Å². The van der Waals surface area contributed by atoms with Crippen molar-refractivity contribution in [2.75, 3.05) is 39.9 Å². The van der Waals surface area contributed by atoms with Crippen LogP contribution < -0.4 is 16.0 Å². The number of aliphatic imine (C=N–C) groups is 1. The van der Waals surface area contributed by atoms with E-state index in [1.807, 2.05) is 6.92 Å². The van der Waals surface area contributed by atoms with Crippen LogP contribution in [0.2, 0.25) is 0 Å². The quantitative estimate of drug-likeness (QED) is 0.337. The first kappa shape index (κ1) is 18.2. The second-order valence-electron chi connectivity index (χ2n) is 5.51. The van der Waals surface area contributed by atoms with E-state index < -0.39 is 0 Å². The average Bonchev–Trinajstić information content (AvgIpc) is 2.34. The molecule has 0 saturated heterocycles. The molecule has 0 fully saturated rings. The first-order valence-electron chi connectivity index (χ1n) is 7.27. The molecule has 0 saturated carbocycles. The van der Waals surface area contributed by atoms with Gasteiger partial charge < -0.3 is 20.7 Å². The molecule has 5 nitrogen and oxygen atoms in total. The number of nitrogens with zero attached hydrogens (tertiary/aromatic N) is 1. The van der Waals surface area contributed by atoms with Gasteiger partial charge in [-0.05, 0) is 40.5 Å². The van der Waals surface area contributed by atoms with Gasteiger partial charge in [-0.25, -0.2) is 0 Å². The van der Waals surface area contributed by atoms with E-state index in [0.717, 1.165) is 51.6 Å². The number of hydrogen-bond acceptors (Lipinski definition) is 3. The van der Waals surface area contributed by atoms with Crippen LogP contribution in [0.15, 0.2) is 4.99 Å². The van der Waals surface area contributed by atoms with Gasteiger partial charge in [0.2, 0.25) is 0 Å². The SMILES string of the molecule is CCOCCCCNC(=NC)NCCNC(C)(C)C. The maximum Gasteiger partial charge on any atom is 0.191 e. The van der Waals surface area contributed by atoms with Crippen molar-refractivity contribution in [3.63, 3.8) is 0 Å². The summed E-state index contributed by atoms with van der Waals surface area (Å²) in [6, 6.07) is 0. The predicted octanol–water partition coefficient (Wildman–Crippen LogP) is 1.36. The zero-order valence-electron chi connectivity index (χ0n) is 13.3. The van der Waals surface area contributed by atoms with Crippen molar-refractivity contribution in [3.05, 3.63) is 0 Å². The van der Waals surface area contributed by atoms with Gasteiger partial charge in [0.05, 0.1) is 0 Å². The van der Waals surface area contributed by atoms with Crippen molar-refractivity contribution in [3.8, 4) is 0 Å². The van der Waals surface area contributed by atoms with Crippen LogP contribution in [0, 0.1) is 0 Å². The summed E-state index contributed by atoms with van der Waals surface area (Å²) in [6.45, 7) is 12.9. The highest BCUT2D eigenvalue weighted by atomic mass is 16.5. The number of nitrogens with one attached hydrogen (secondary N) is 3. The van der Waals surface area contributed by atoms with E-state index in [9.17, 15) is 0 Å². The standard InChI is InChI=1S/C14H32N4O/c1-6-19-12-8-7-9-16-13(15-5)17-10-11-18-14(2,3)4/h18H,6-12H2,1-5H3,(H2,15,16,17). The smallest absolute Gasteiger partial charge is 0.191 e. The Bertz CT molecular complexity index is 236. The highest BCUT2D eigenvalue weighted by molar-refractivity contribution is 5.79. The van der Waals surface area contributed by atoms with Crippen LogP contribution in [0.1, 0.15) is 40.5 Å². The van der Waals surface area contributed by atoms with Crippen molar-refractivity contribution < 1.29 is 4.74 Å². The Labute approximate surface area is 118 Å². The molecule has 0 unspecified atom stereocenters. The monoisotopic (exact) mass is 272 g/mol. The summed E-state index contributed by atoms with van der Waals surface area (Å²) in [6.07, 6.45) is 2.18. The average molecular weight is 272 g/mol. The summed E-state index contributed by atoms with van der Waals surface area (Å²) in [5.74, 6) is 0.868. The molecule has 0 aromatic carbocycles. The van der Waals surface area contributed by atoms with Crippen molar-refractivity contribution in [2.24, 2.45) is 4.99 Å². The van der Waals surface area contributed by atoms with Gasteiger partial charge in [0, 0.05) is 45.4 Å². The van der Waals surface area contributed by atoms with Gasteiger partial charge in [-0.1, -0.05) is 0 Å². The molecule has 0 atom stereocenters. The number of rotatable bonds is 9. The molecule has 0 aromatic rings. The van der Waals surface area contributed by atoms with Crippen molar-refractivity contribution >= 4 is 5.96 Å². The van der Waals surface area contributed by atoms with Crippen LogP contribution in [0.5, 0.6) is 0 Å². The zero-order chi connectivity index (χ0) is 14.6. The summed E-state index contributed by atoms with van der Waals surface area (Å²) >= 11 is 0. The Morgan fingerprint density at radius 2 is 1.74 bits per heavy atom. The maximum absolute atomic E-state index is 5.30. The van der Waals surface area contributed by atoms with Gasteiger partial charge in [0.25, 0.3) is 0 Å². The molecule has 3 N–H and O–H groups in total. The largest absolute Gasteiger partial charge is 0.382 e. The van der Waals surface area contributed by atoms with Crippen molar-refractivity contribution in [2.45, 2.75) is 46.1 Å². The number of unbranched alkanes of at least 4 members (excludes halogenated alkanes) is 1. The fourth-order valence-electron chi connectivity index (χ4n) is 1.52. The number of ether oxygens (including phenoxy) is 1. The summed E-state index contributed by atoms with van der Waals surface area (Å²) in [7, 11) is 1.80. The maximum atomic E-state index is 5.30. The Hall–Kier alpha value is -0.810. The molecule has 0 amide bonds. The van der Waals surface area contributed by atoms with E-state index >= 15 is 0 Å². The third-order valence-electron chi connectivity index (χ3n) is 2.51. The molecule has 0 heterocycles. The van der Waals surface area contributed by atoms with Gasteiger partial charge in [-0.3, -0.25) is 4.99 Å². The second-order valence-corrected chi connectivity index (χ2v) is 5.51. The van der Waals surface area contributed by atoms with Gasteiger partial charge >= 0.3 is 0 Å². The molecule has 0 radical (unpaired) electrons. The van der Waals surface area contributed by atoms with E-state index in [1.54, 1.807) is 7.05 Å². The lowest BCUT2D eigenvalue weighted by atomic mass is 10.1. The highest BCUT2D eigenvalue weighted by Gasteiger charge is 2.07. The molecule has 0 aliphatic heterocycles. The first-order valence-corrected chi connectivity index (χ1v) is 7.27. The van der Waals surface area contributed by atoms with E-state index in [4.69, 9.17) is 4.74 Å². The van der Waals surface area contributed by atoms with Gasteiger partial charge in [-0.2, -0.15) is 0 Å². The van der Waals surface area contributed by atoms with Crippen LogP contribution in [-0.2, 0) is 4.74 Å². The summed E-state index contributed by atoms with van der Waals surface area (Å²) < 4.78 is 5.30. The van der Waals surface area contributed by atoms with Crippen molar-refractivity contribution in [1.29, 1.82) is 0 Å². The minimum Gasteiger partial charge on any atom is -0.382 e. The lowest BCUT2D eigenvalue weighted by Gasteiger charge is -2.21. The molecule has 0 aromatic heterocycles. The third kappa shape index (κ3) is 13.4. The second kappa shape index (κ2) is 11.1. The fourth-order valence-corrected chi connectivity index (χ4v) is 1.52. The first-order chi connectivity index (χ1) is 8.99. The Kier molecular flexibility index (Phi) is 10.6. The summed E-state index contributed by atoms with van der Waals surface area (Å²) in [4.78, 5) is 4.19.